The first-order valence-corrected chi connectivity index (χ1v) is 6.64. The van der Waals surface area contributed by atoms with Crippen molar-refractivity contribution in [2.24, 2.45) is 0 Å². The van der Waals surface area contributed by atoms with E-state index in [0.29, 0.717) is 5.41 Å². The molecule has 2 heteroatoms. The monoisotopic (exact) mass is 231 g/mol. The fourth-order valence-corrected chi connectivity index (χ4v) is 2.99. The number of hydrogen-bond acceptors (Lipinski definition) is 2. The van der Waals surface area contributed by atoms with Crippen LogP contribution in [0.25, 0.3) is 0 Å². The minimum Gasteiger partial charge on any atom is -0.384 e. The first kappa shape index (κ1) is 11.2. The van der Waals surface area contributed by atoms with Crippen molar-refractivity contribution < 1.29 is 4.74 Å². The van der Waals surface area contributed by atoms with Crippen LogP contribution in [-0.2, 0) is 10.2 Å². The molecule has 1 N–H and O–H groups in total. The van der Waals surface area contributed by atoms with Gasteiger partial charge in [-0.2, -0.15) is 0 Å². The maximum atomic E-state index is 5.34. The molecule has 0 bridgehead atoms. The van der Waals surface area contributed by atoms with E-state index in [1.54, 1.807) is 7.11 Å². The van der Waals surface area contributed by atoms with Gasteiger partial charge < -0.3 is 10.1 Å². The Bertz CT molecular complexity index is 374. The molecule has 1 aliphatic carbocycles. The highest BCUT2D eigenvalue weighted by atomic mass is 16.5. The highest BCUT2D eigenvalue weighted by Crippen LogP contribution is 2.48. The first-order chi connectivity index (χ1) is 8.34. The van der Waals surface area contributed by atoms with Gasteiger partial charge in [-0.15, -0.1) is 0 Å². The van der Waals surface area contributed by atoms with Crippen LogP contribution >= 0.6 is 0 Å². The van der Waals surface area contributed by atoms with Crippen LogP contribution in [0.2, 0.25) is 0 Å². The van der Waals surface area contributed by atoms with Crippen molar-refractivity contribution in [2.45, 2.75) is 30.6 Å². The number of methoxy groups -OCH3 is 1. The van der Waals surface area contributed by atoms with Crippen molar-refractivity contribution in [1.82, 2.24) is 5.32 Å². The first-order valence-electron chi connectivity index (χ1n) is 6.64. The molecular weight excluding hydrogens is 210 g/mol. The van der Waals surface area contributed by atoms with Crippen LogP contribution < -0.4 is 5.32 Å². The molecule has 1 aromatic rings. The summed E-state index contributed by atoms with van der Waals surface area (Å²) in [5, 5.41) is 3.43. The predicted molar refractivity (Wildman–Crippen MR) is 69.5 cm³/mol. The molecule has 1 aromatic carbocycles. The van der Waals surface area contributed by atoms with E-state index in [1.165, 1.54) is 36.9 Å². The summed E-state index contributed by atoms with van der Waals surface area (Å²) in [6.07, 6.45) is 3.85. The van der Waals surface area contributed by atoms with Gasteiger partial charge in [0.15, 0.2) is 0 Å². The second kappa shape index (κ2) is 4.43. The van der Waals surface area contributed by atoms with E-state index in [1.807, 2.05) is 0 Å². The summed E-state index contributed by atoms with van der Waals surface area (Å²) in [6.45, 7) is 3.18. The van der Waals surface area contributed by atoms with E-state index in [4.69, 9.17) is 4.74 Å². The van der Waals surface area contributed by atoms with Gasteiger partial charge in [0, 0.05) is 19.1 Å². The van der Waals surface area contributed by atoms with Gasteiger partial charge in [0.2, 0.25) is 0 Å². The maximum absolute atomic E-state index is 5.34. The third-order valence-corrected chi connectivity index (χ3v) is 4.33. The molecule has 2 aliphatic rings. The van der Waals surface area contributed by atoms with E-state index < -0.39 is 0 Å². The molecule has 3 rings (SSSR count). The molecule has 92 valence electrons. The van der Waals surface area contributed by atoms with Gasteiger partial charge in [-0.25, -0.2) is 0 Å². The van der Waals surface area contributed by atoms with E-state index >= 15 is 0 Å². The Balaban J connectivity index is 1.76. The molecule has 0 spiro atoms. The lowest BCUT2D eigenvalue weighted by Gasteiger charge is -2.16. The normalized spacial score (nSPS) is 26.1. The van der Waals surface area contributed by atoms with Gasteiger partial charge in [-0.1, -0.05) is 24.3 Å². The Morgan fingerprint density at radius 3 is 2.59 bits per heavy atom. The van der Waals surface area contributed by atoms with Crippen LogP contribution in [0.1, 0.15) is 36.3 Å². The van der Waals surface area contributed by atoms with Gasteiger partial charge in [0.25, 0.3) is 0 Å². The Morgan fingerprint density at radius 2 is 2.06 bits per heavy atom. The summed E-state index contributed by atoms with van der Waals surface area (Å²) in [6, 6.07) is 9.28. The average Bonchev–Trinajstić information content (AvgIpc) is 2.94. The van der Waals surface area contributed by atoms with Crippen molar-refractivity contribution in [3.63, 3.8) is 0 Å². The molecule has 0 amide bonds. The second-order valence-electron chi connectivity index (χ2n) is 5.53. The number of benzene rings is 1. The van der Waals surface area contributed by atoms with E-state index in [2.05, 4.69) is 29.6 Å². The van der Waals surface area contributed by atoms with Crippen LogP contribution in [0.15, 0.2) is 24.3 Å². The number of ether oxygens (including phenoxy) is 1. The molecule has 1 unspecified atom stereocenters. The molecule has 1 aliphatic heterocycles. The molecule has 0 aromatic heterocycles. The molecular formula is C15H21NO. The summed E-state index contributed by atoms with van der Waals surface area (Å²) in [4.78, 5) is 0. The molecule has 1 atom stereocenters. The third-order valence-electron chi connectivity index (χ3n) is 4.33. The van der Waals surface area contributed by atoms with Crippen LogP contribution in [0, 0.1) is 0 Å². The molecule has 1 heterocycles. The Hall–Kier alpha value is -0.860. The van der Waals surface area contributed by atoms with Crippen LogP contribution in [0.4, 0.5) is 0 Å². The van der Waals surface area contributed by atoms with E-state index in [-0.39, 0.29) is 0 Å². The highest BCUT2D eigenvalue weighted by molar-refractivity contribution is 5.35. The smallest absolute Gasteiger partial charge is 0.0559 e. The zero-order valence-electron chi connectivity index (χ0n) is 10.5. The predicted octanol–water partition coefficient (Wildman–Crippen LogP) is 2.44. The average molecular weight is 231 g/mol. The Kier molecular flexibility index (Phi) is 2.93. The number of rotatable bonds is 4. The van der Waals surface area contributed by atoms with Crippen molar-refractivity contribution in [1.29, 1.82) is 0 Å². The standard InChI is InChI=1S/C15H21NO/c1-17-11-15(7-8-15)14-4-2-12(3-5-14)13-6-9-16-10-13/h2-5,13,16H,6-11H2,1H3. The van der Waals surface area contributed by atoms with Crippen LogP contribution in [0.5, 0.6) is 0 Å². The van der Waals surface area contributed by atoms with E-state index in [0.717, 1.165) is 19.1 Å². The lowest BCUT2D eigenvalue weighted by molar-refractivity contribution is 0.171. The fourth-order valence-electron chi connectivity index (χ4n) is 2.99. The lowest BCUT2D eigenvalue weighted by Crippen LogP contribution is -2.14. The summed E-state index contributed by atoms with van der Waals surface area (Å²) in [7, 11) is 1.80. The van der Waals surface area contributed by atoms with Crippen LogP contribution in [-0.4, -0.2) is 26.8 Å². The largest absolute Gasteiger partial charge is 0.384 e. The van der Waals surface area contributed by atoms with Crippen molar-refractivity contribution in [2.75, 3.05) is 26.8 Å². The summed E-state index contributed by atoms with van der Waals surface area (Å²) < 4.78 is 5.34. The fraction of sp³-hybridized carbons (Fsp3) is 0.600. The summed E-state index contributed by atoms with van der Waals surface area (Å²) >= 11 is 0. The molecule has 1 saturated heterocycles. The third kappa shape index (κ3) is 2.12. The van der Waals surface area contributed by atoms with Crippen molar-refractivity contribution >= 4 is 0 Å². The van der Waals surface area contributed by atoms with E-state index in [9.17, 15) is 0 Å². The maximum Gasteiger partial charge on any atom is 0.0559 e. The van der Waals surface area contributed by atoms with Gasteiger partial charge in [0.05, 0.1) is 6.61 Å². The Labute approximate surface area is 103 Å². The minimum atomic E-state index is 0.348. The molecule has 17 heavy (non-hydrogen) atoms. The number of hydrogen-bond donors (Lipinski definition) is 1. The van der Waals surface area contributed by atoms with Gasteiger partial charge >= 0.3 is 0 Å². The zero-order valence-corrected chi connectivity index (χ0v) is 10.5. The number of nitrogens with one attached hydrogen (secondary N) is 1. The summed E-state index contributed by atoms with van der Waals surface area (Å²) in [5.74, 6) is 0.724. The Morgan fingerprint density at radius 1 is 1.29 bits per heavy atom. The minimum absolute atomic E-state index is 0.348. The van der Waals surface area contributed by atoms with Gasteiger partial charge in [0.1, 0.15) is 0 Å². The van der Waals surface area contributed by atoms with Crippen molar-refractivity contribution in [3.8, 4) is 0 Å². The summed E-state index contributed by atoms with van der Waals surface area (Å²) in [5.41, 5.74) is 3.31. The topological polar surface area (TPSA) is 21.3 Å². The molecule has 0 radical (unpaired) electrons. The van der Waals surface area contributed by atoms with Gasteiger partial charge in [-0.05, 0) is 42.9 Å². The quantitative estimate of drug-likeness (QED) is 0.859. The lowest BCUT2D eigenvalue weighted by atomic mass is 9.92. The van der Waals surface area contributed by atoms with Gasteiger partial charge in [-0.3, -0.25) is 0 Å². The second-order valence-corrected chi connectivity index (χ2v) is 5.53. The molecule has 2 fully saturated rings. The van der Waals surface area contributed by atoms with Crippen molar-refractivity contribution in [3.05, 3.63) is 35.4 Å². The molecule has 1 saturated carbocycles. The molecule has 2 nitrogen and oxygen atoms in total. The zero-order chi connectivity index (χ0) is 11.7. The SMILES string of the molecule is COCC1(c2ccc(C3CCNC3)cc2)CC1. The van der Waals surface area contributed by atoms with Crippen LogP contribution in [0.3, 0.4) is 0 Å². The highest BCUT2D eigenvalue weighted by Gasteiger charge is 2.44.